The van der Waals surface area contributed by atoms with Gasteiger partial charge in [-0.05, 0) is 43.5 Å². The molecule has 1 atom stereocenters. The van der Waals surface area contributed by atoms with E-state index < -0.39 is 0 Å². The van der Waals surface area contributed by atoms with Crippen LogP contribution in [0.5, 0.6) is 17.4 Å². The second-order valence-corrected chi connectivity index (χ2v) is 5.10. The van der Waals surface area contributed by atoms with E-state index in [2.05, 4.69) is 11.9 Å². The van der Waals surface area contributed by atoms with Gasteiger partial charge in [0.2, 0.25) is 5.88 Å². The molecule has 0 bridgehead atoms. The van der Waals surface area contributed by atoms with Gasteiger partial charge in [0.15, 0.2) is 11.5 Å². The normalized spacial score (nSPS) is 12.0. The van der Waals surface area contributed by atoms with Gasteiger partial charge in [-0.15, -0.1) is 0 Å². The van der Waals surface area contributed by atoms with E-state index >= 15 is 0 Å². The topological polar surface area (TPSA) is 57.4 Å². The van der Waals surface area contributed by atoms with Crippen LogP contribution in [0, 0.1) is 6.92 Å². The highest BCUT2D eigenvalue weighted by atomic mass is 16.5. The fraction of sp³-hybridized carbons (Fsp3) is 0.353. The van der Waals surface area contributed by atoms with Crippen molar-refractivity contribution in [3.63, 3.8) is 0 Å². The van der Waals surface area contributed by atoms with Gasteiger partial charge in [0, 0.05) is 17.8 Å². The molecule has 0 saturated heterocycles. The average molecular weight is 286 g/mol. The number of nitrogens with zero attached hydrogens (tertiary/aromatic N) is 1. The first kappa shape index (κ1) is 15.3. The Morgan fingerprint density at radius 1 is 1.24 bits per heavy atom. The standard InChI is InChI=1S/C17H22N2O2/c1-4-14(18)11-13-6-5-9-19-17(13)21-15-8-7-12(2)10-16(15)20-3/h5-10,14H,4,11,18H2,1-3H3. The summed E-state index contributed by atoms with van der Waals surface area (Å²) >= 11 is 0. The first-order valence-corrected chi connectivity index (χ1v) is 7.16. The molecule has 1 aromatic carbocycles. The molecule has 21 heavy (non-hydrogen) atoms. The summed E-state index contributed by atoms with van der Waals surface area (Å²) in [6, 6.07) is 9.83. The summed E-state index contributed by atoms with van der Waals surface area (Å²) in [4.78, 5) is 4.33. The molecule has 1 heterocycles. The lowest BCUT2D eigenvalue weighted by Gasteiger charge is -2.14. The van der Waals surface area contributed by atoms with Crippen molar-refractivity contribution in [1.82, 2.24) is 4.98 Å². The highest BCUT2D eigenvalue weighted by molar-refractivity contribution is 5.45. The average Bonchev–Trinajstić information content (AvgIpc) is 2.50. The van der Waals surface area contributed by atoms with Crippen molar-refractivity contribution in [2.75, 3.05) is 7.11 Å². The lowest BCUT2D eigenvalue weighted by molar-refractivity contribution is 0.371. The third-order valence-electron chi connectivity index (χ3n) is 3.38. The maximum atomic E-state index is 6.04. The number of pyridine rings is 1. The van der Waals surface area contributed by atoms with E-state index in [0.29, 0.717) is 17.4 Å². The third kappa shape index (κ3) is 3.95. The molecule has 0 saturated carbocycles. The van der Waals surface area contributed by atoms with Crippen LogP contribution in [0.25, 0.3) is 0 Å². The van der Waals surface area contributed by atoms with Crippen molar-refractivity contribution in [3.8, 4) is 17.4 Å². The van der Waals surface area contributed by atoms with Crippen LogP contribution in [-0.2, 0) is 6.42 Å². The first-order valence-electron chi connectivity index (χ1n) is 7.16. The van der Waals surface area contributed by atoms with Crippen molar-refractivity contribution in [2.24, 2.45) is 5.73 Å². The van der Waals surface area contributed by atoms with Crippen molar-refractivity contribution in [2.45, 2.75) is 32.7 Å². The minimum absolute atomic E-state index is 0.108. The van der Waals surface area contributed by atoms with Crippen molar-refractivity contribution in [3.05, 3.63) is 47.7 Å². The second-order valence-electron chi connectivity index (χ2n) is 5.10. The van der Waals surface area contributed by atoms with Gasteiger partial charge in [-0.3, -0.25) is 0 Å². The molecular weight excluding hydrogens is 264 g/mol. The zero-order chi connectivity index (χ0) is 15.2. The van der Waals surface area contributed by atoms with Crippen LogP contribution in [0.2, 0.25) is 0 Å². The second kappa shape index (κ2) is 7.09. The van der Waals surface area contributed by atoms with Crippen LogP contribution < -0.4 is 15.2 Å². The van der Waals surface area contributed by atoms with Gasteiger partial charge in [-0.1, -0.05) is 19.1 Å². The molecule has 0 aliphatic heterocycles. The van der Waals surface area contributed by atoms with Gasteiger partial charge in [0.25, 0.3) is 0 Å². The number of rotatable bonds is 6. The summed E-state index contributed by atoms with van der Waals surface area (Å²) < 4.78 is 11.3. The predicted molar refractivity (Wildman–Crippen MR) is 84.0 cm³/mol. The molecule has 1 unspecified atom stereocenters. The number of aryl methyl sites for hydroxylation is 1. The van der Waals surface area contributed by atoms with Gasteiger partial charge in [-0.25, -0.2) is 4.98 Å². The Morgan fingerprint density at radius 3 is 2.76 bits per heavy atom. The number of methoxy groups -OCH3 is 1. The van der Waals surface area contributed by atoms with Crippen LogP contribution in [-0.4, -0.2) is 18.1 Å². The van der Waals surface area contributed by atoms with Crippen LogP contribution >= 0.6 is 0 Å². The number of aromatic nitrogens is 1. The van der Waals surface area contributed by atoms with Crippen LogP contribution in [0.4, 0.5) is 0 Å². The summed E-state index contributed by atoms with van der Waals surface area (Å²) in [5.74, 6) is 1.95. The fourth-order valence-electron chi connectivity index (χ4n) is 2.06. The Kier molecular flexibility index (Phi) is 5.17. The van der Waals surface area contributed by atoms with Gasteiger partial charge in [-0.2, -0.15) is 0 Å². The van der Waals surface area contributed by atoms with E-state index in [1.54, 1.807) is 13.3 Å². The number of ether oxygens (including phenoxy) is 2. The number of hydrogen-bond donors (Lipinski definition) is 1. The van der Waals surface area contributed by atoms with Crippen molar-refractivity contribution >= 4 is 0 Å². The molecular formula is C17H22N2O2. The zero-order valence-corrected chi connectivity index (χ0v) is 12.8. The summed E-state index contributed by atoms with van der Waals surface area (Å²) in [6.07, 6.45) is 3.38. The van der Waals surface area contributed by atoms with E-state index in [9.17, 15) is 0 Å². The molecule has 0 fully saturated rings. The van der Waals surface area contributed by atoms with Gasteiger partial charge < -0.3 is 15.2 Å². The molecule has 0 radical (unpaired) electrons. The zero-order valence-electron chi connectivity index (χ0n) is 12.8. The lowest BCUT2D eigenvalue weighted by Crippen LogP contribution is -2.21. The largest absolute Gasteiger partial charge is 0.493 e. The first-order chi connectivity index (χ1) is 10.1. The Bertz CT molecular complexity index is 599. The predicted octanol–water partition coefficient (Wildman–Crippen LogP) is 3.47. The van der Waals surface area contributed by atoms with Crippen LogP contribution in [0.3, 0.4) is 0 Å². The van der Waals surface area contributed by atoms with Gasteiger partial charge in [0.05, 0.1) is 7.11 Å². The number of nitrogens with two attached hydrogens (primary N) is 1. The SMILES string of the molecule is CCC(N)Cc1cccnc1Oc1ccc(C)cc1OC. The van der Waals surface area contributed by atoms with Crippen LogP contribution in [0.15, 0.2) is 36.5 Å². The van der Waals surface area contributed by atoms with E-state index in [4.69, 9.17) is 15.2 Å². The molecule has 2 rings (SSSR count). The quantitative estimate of drug-likeness (QED) is 0.883. The molecule has 4 nitrogen and oxygen atoms in total. The summed E-state index contributed by atoms with van der Waals surface area (Å²) in [7, 11) is 1.63. The summed E-state index contributed by atoms with van der Waals surface area (Å²) in [5.41, 5.74) is 8.16. The fourth-order valence-corrected chi connectivity index (χ4v) is 2.06. The monoisotopic (exact) mass is 286 g/mol. The molecule has 1 aromatic heterocycles. The maximum Gasteiger partial charge on any atom is 0.222 e. The van der Waals surface area contributed by atoms with Gasteiger partial charge in [0.1, 0.15) is 0 Å². The smallest absolute Gasteiger partial charge is 0.222 e. The Labute approximate surface area is 125 Å². The Morgan fingerprint density at radius 2 is 2.05 bits per heavy atom. The Hall–Kier alpha value is -2.07. The summed E-state index contributed by atoms with van der Waals surface area (Å²) in [6.45, 7) is 4.09. The molecule has 0 spiro atoms. The highest BCUT2D eigenvalue weighted by Gasteiger charge is 2.12. The minimum Gasteiger partial charge on any atom is -0.493 e. The van der Waals surface area contributed by atoms with Crippen molar-refractivity contribution in [1.29, 1.82) is 0 Å². The summed E-state index contributed by atoms with van der Waals surface area (Å²) in [5, 5.41) is 0. The molecule has 0 aliphatic rings. The number of benzene rings is 1. The Balaban J connectivity index is 2.27. The minimum atomic E-state index is 0.108. The molecule has 112 valence electrons. The van der Waals surface area contributed by atoms with Crippen molar-refractivity contribution < 1.29 is 9.47 Å². The van der Waals surface area contributed by atoms with E-state index in [1.807, 2.05) is 37.3 Å². The highest BCUT2D eigenvalue weighted by Crippen LogP contribution is 2.32. The molecule has 2 N–H and O–H groups in total. The number of hydrogen-bond acceptors (Lipinski definition) is 4. The van der Waals surface area contributed by atoms with Crippen LogP contribution in [0.1, 0.15) is 24.5 Å². The third-order valence-corrected chi connectivity index (χ3v) is 3.38. The molecule has 2 aromatic rings. The van der Waals surface area contributed by atoms with E-state index in [1.165, 1.54) is 0 Å². The molecule has 0 aliphatic carbocycles. The maximum absolute atomic E-state index is 6.04. The van der Waals surface area contributed by atoms with E-state index in [-0.39, 0.29) is 6.04 Å². The van der Waals surface area contributed by atoms with E-state index in [0.717, 1.165) is 24.0 Å². The molecule has 0 amide bonds. The lowest BCUT2D eigenvalue weighted by atomic mass is 10.1. The van der Waals surface area contributed by atoms with Gasteiger partial charge >= 0.3 is 0 Å². The molecule has 4 heteroatoms.